The monoisotopic (exact) mass is 261 g/mol. The Morgan fingerprint density at radius 2 is 1.74 bits per heavy atom. The van der Waals surface area contributed by atoms with E-state index in [-0.39, 0.29) is 0 Å². The number of nitrogens with one attached hydrogen (secondary N) is 1. The summed E-state index contributed by atoms with van der Waals surface area (Å²) in [4.78, 5) is 0. The van der Waals surface area contributed by atoms with Crippen LogP contribution in [-0.4, -0.2) is 19.7 Å². The second kappa shape index (κ2) is 6.95. The van der Waals surface area contributed by atoms with Crippen LogP contribution >= 0.6 is 0 Å². The summed E-state index contributed by atoms with van der Waals surface area (Å²) in [7, 11) is 0. The molecule has 106 valence electrons. The lowest BCUT2D eigenvalue weighted by Gasteiger charge is -2.13. The highest BCUT2D eigenvalue weighted by molar-refractivity contribution is 5.40. The van der Waals surface area contributed by atoms with Crippen LogP contribution in [0.5, 0.6) is 5.75 Å². The standard InChI is InChI=1S/C17H27NO/c1-13-10-15(3)17(11-14(13)2)19-9-8-18-12-16-6-4-5-7-16/h10-11,16,18H,4-9,12H2,1-3H3. The van der Waals surface area contributed by atoms with E-state index in [0.717, 1.165) is 31.4 Å². The molecule has 0 aromatic heterocycles. The van der Waals surface area contributed by atoms with Crippen molar-refractivity contribution >= 4 is 0 Å². The zero-order chi connectivity index (χ0) is 13.7. The fraction of sp³-hybridized carbons (Fsp3) is 0.647. The van der Waals surface area contributed by atoms with Gasteiger partial charge in [0.2, 0.25) is 0 Å². The second-order valence-electron chi connectivity index (χ2n) is 5.91. The zero-order valence-corrected chi connectivity index (χ0v) is 12.6. The summed E-state index contributed by atoms with van der Waals surface area (Å²) in [5.41, 5.74) is 3.88. The van der Waals surface area contributed by atoms with Crippen molar-refractivity contribution in [2.45, 2.75) is 46.5 Å². The fourth-order valence-corrected chi connectivity index (χ4v) is 2.84. The molecule has 2 nitrogen and oxygen atoms in total. The van der Waals surface area contributed by atoms with Crippen molar-refractivity contribution in [1.82, 2.24) is 5.32 Å². The number of benzene rings is 1. The van der Waals surface area contributed by atoms with E-state index >= 15 is 0 Å². The molecule has 0 aliphatic heterocycles. The number of hydrogen-bond acceptors (Lipinski definition) is 2. The smallest absolute Gasteiger partial charge is 0.122 e. The quantitative estimate of drug-likeness (QED) is 0.787. The average Bonchev–Trinajstić information content (AvgIpc) is 2.88. The van der Waals surface area contributed by atoms with Gasteiger partial charge >= 0.3 is 0 Å². The summed E-state index contributed by atoms with van der Waals surface area (Å²) in [6, 6.07) is 4.36. The maximum Gasteiger partial charge on any atom is 0.122 e. The van der Waals surface area contributed by atoms with Crippen LogP contribution in [-0.2, 0) is 0 Å². The Balaban J connectivity index is 1.69. The predicted octanol–water partition coefficient (Wildman–Crippen LogP) is 3.77. The van der Waals surface area contributed by atoms with E-state index in [9.17, 15) is 0 Å². The summed E-state index contributed by atoms with van der Waals surface area (Å²) in [6.07, 6.45) is 5.66. The molecule has 19 heavy (non-hydrogen) atoms. The summed E-state index contributed by atoms with van der Waals surface area (Å²) >= 11 is 0. The highest BCUT2D eigenvalue weighted by atomic mass is 16.5. The largest absolute Gasteiger partial charge is 0.492 e. The Hall–Kier alpha value is -1.02. The third-order valence-corrected chi connectivity index (χ3v) is 4.24. The topological polar surface area (TPSA) is 21.3 Å². The molecular formula is C17H27NO. The van der Waals surface area contributed by atoms with E-state index in [2.05, 4.69) is 38.2 Å². The molecule has 1 aromatic carbocycles. The Morgan fingerprint density at radius 3 is 2.47 bits per heavy atom. The van der Waals surface area contributed by atoms with Crippen LogP contribution in [0, 0.1) is 26.7 Å². The number of aryl methyl sites for hydroxylation is 3. The molecule has 0 bridgehead atoms. The maximum atomic E-state index is 5.87. The summed E-state index contributed by atoms with van der Waals surface area (Å²) in [6.45, 7) is 9.27. The van der Waals surface area contributed by atoms with Gasteiger partial charge < -0.3 is 10.1 Å². The van der Waals surface area contributed by atoms with Crippen LogP contribution in [0.1, 0.15) is 42.4 Å². The molecule has 1 fully saturated rings. The summed E-state index contributed by atoms with van der Waals surface area (Å²) in [5.74, 6) is 1.94. The van der Waals surface area contributed by atoms with Crippen molar-refractivity contribution in [3.63, 3.8) is 0 Å². The van der Waals surface area contributed by atoms with Crippen LogP contribution in [0.25, 0.3) is 0 Å². The highest BCUT2D eigenvalue weighted by Crippen LogP contribution is 2.24. The minimum atomic E-state index is 0.760. The zero-order valence-electron chi connectivity index (χ0n) is 12.6. The van der Waals surface area contributed by atoms with Gasteiger partial charge in [-0.25, -0.2) is 0 Å². The van der Waals surface area contributed by atoms with Crippen molar-refractivity contribution in [1.29, 1.82) is 0 Å². The van der Waals surface area contributed by atoms with Crippen LogP contribution in [0.2, 0.25) is 0 Å². The molecular weight excluding hydrogens is 234 g/mol. The van der Waals surface area contributed by atoms with Gasteiger partial charge in [-0.3, -0.25) is 0 Å². The van der Waals surface area contributed by atoms with Crippen molar-refractivity contribution in [2.24, 2.45) is 5.92 Å². The number of hydrogen-bond donors (Lipinski definition) is 1. The van der Waals surface area contributed by atoms with Gasteiger partial charge in [0.05, 0.1) is 0 Å². The lowest BCUT2D eigenvalue weighted by atomic mass is 10.1. The highest BCUT2D eigenvalue weighted by Gasteiger charge is 2.13. The van der Waals surface area contributed by atoms with Gasteiger partial charge in [-0.1, -0.05) is 18.9 Å². The normalized spacial score (nSPS) is 15.9. The lowest BCUT2D eigenvalue weighted by Crippen LogP contribution is -2.26. The van der Waals surface area contributed by atoms with E-state index in [1.165, 1.54) is 42.4 Å². The first kappa shape index (κ1) is 14.4. The first-order valence-corrected chi connectivity index (χ1v) is 7.58. The van der Waals surface area contributed by atoms with E-state index in [1.807, 2.05) is 0 Å². The van der Waals surface area contributed by atoms with Gasteiger partial charge in [-0.2, -0.15) is 0 Å². The summed E-state index contributed by atoms with van der Waals surface area (Å²) < 4.78 is 5.87. The Bertz CT molecular complexity index is 408. The van der Waals surface area contributed by atoms with E-state index in [1.54, 1.807) is 0 Å². The van der Waals surface area contributed by atoms with E-state index < -0.39 is 0 Å². The Labute approximate surface area is 117 Å². The molecule has 1 aromatic rings. The van der Waals surface area contributed by atoms with Crippen molar-refractivity contribution < 1.29 is 4.74 Å². The van der Waals surface area contributed by atoms with Gasteiger partial charge in [0.1, 0.15) is 12.4 Å². The van der Waals surface area contributed by atoms with Crippen molar-refractivity contribution in [2.75, 3.05) is 19.7 Å². The van der Waals surface area contributed by atoms with Gasteiger partial charge in [0.25, 0.3) is 0 Å². The van der Waals surface area contributed by atoms with Crippen LogP contribution in [0.15, 0.2) is 12.1 Å². The predicted molar refractivity (Wildman–Crippen MR) is 81.0 cm³/mol. The lowest BCUT2D eigenvalue weighted by molar-refractivity contribution is 0.306. The van der Waals surface area contributed by atoms with E-state index in [0.29, 0.717) is 0 Å². The van der Waals surface area contributed by atoms with E-state index in [4.69, 9.17) is 4.74 Å². The fourth-order valence-electron chi connectivity index (χ4n) is 2.84. The molecule has 0 heterocycles. The average molecular weight is 261 g/mol. The molecule has 0 atom stereocenters. The molecule has 1 N–H and O–H groups in total. The molecule has 2 rings (SSSR count). The van der Waals surface area contributed by atoms with Gasteiger partial charge in [-0.05, 0) is 68.8 Å². The minimum absolute atomic E-state index is 0.760. The molecule has 0 radical (unpaired) electrons. The molecule has 2 heteroatoms. The van der Waals surface area contributed by atoms with Crippen LogP contribution in [0.4, 0.5) is 0 Å². The molecule has 0 saturated heterocycles. The third kappa shape index (κ3) is 4.24. The Morgan fingerprint density at radius 1 is 1.05 bits per heavy atom. The molecule has 1 saturated carbocycles. The second-order valence-corrected chi connectivity index (χ2v) is 5.91. The van der Waals surface area contributed by atoms with Crippen LogP contribution < -0.4 is 10.1 Å². The molecule has 0 spiro atoms. The molecule has 1 aliphatic carbocycles. The molecule has 1 aliphatic rings. The van der Waals surface area contributed by atoms with Crippen molar-refractivity contribution in [3.05, 3.63) is 28.8 Å². The summed E-state index contributed by atoms with van der Waals surface area (Å²) in [5, 5.41) is 3.52. The van der Waals surface area contributed by atoms with Gasteiger partial charge in [0.15, 0.2) is 0 Å². The molecule has 0 unspecified atom stereocenters. The Kier molecular flexibility index (Phi) is 5.26. The SMILES string of the molecule is Cc1cc(C)c(OCCNCC2CCCC2)cc1C. The number of ether oxygens (including phenoxy) is 1. The number of rotatable bonds is 6. The van der Waals surface area contributed by atoms with Gasteiger partial charge in [0, 0.05) is 6.54 Å². The van der Waals surface area contributed by atoms with Crippen molar-refractivity contribution in [3.8, 4) is 5.75 Å². The first-order chi connectivity index (χ1) is 9.16. The van der Waals surface area contributed by atoms with Crippen LogP contribution in [0.3, 0.4) is 0 Å². The maximum absolute atomic E-state index is 5.87. The molecule has 0 amide bonds. The minimum Gasteiger partial charge on any atom is -0.492 e. The van der Waals surface area contributed by atoms with Gasteiger partial charge in [-0.15, -0.1) is 0 Å². The first-order valence-electron chi connectivity index (χ1n) is 7.58. The third-order valence-electron chi connectivity index (χ3n) is 4.24.